The monoisotopic (exact) mass is 243 g/mol. The van der Waals surface area contributed by atoms with Gasteiger partial charge < -0.3 is 9.88 Å². The van der Waals surface area contributed by atoms with Gasteiger partial charge in [-0.2, -0.15) is 0 Å². The maximum absolute atomic E-state index is 4.29. The van der Waals surface area contributed by atoms with Crippen LogP contribution in [0.25, 0.3) is 0 Å². The van der Waals surface area contributed by atoms with E-state index >= 15 is 0 Å². The molecule has 0 bridgehead atoms. The summed E-state index contributed by atoms with van der Waals surface area (Å²) in [5, 5.41) is 3.42. The molecule has 3 heteroatoms. The first kappa shape index (κ1) is 12.7. The Morgan fingerprint density at radius 3 is 2.56 bits per heavy atom. The number of aryl methyl sites for hydroxylation is 2. The minimum atomic E-state index is 0.852. The normalized spacial score (nSPS) is 10.7. The van der Waals surface area contributed by atoms with Crippen LogP contribution in [0.3, 0.4) is 0 Å². The average Bonchev–Trinajstić information content (AvgIpc) is 2.63. The summed E-state index contributed by atoms with van der Waals surface area (Å²) < 4.78 is 2.34. The van der Waals surface area contributed by atoms with E-state index in [1.165, 1.54) is 17.0 Å². The van der Waals surface area contributed by atoms with Crippen LogP contribution in [-0.4, -0.2) is 9.55 Å². The zero-order chi connectivity index (χ0) is 13.1. The lowest BCUT2D eigenvalue weighted by atomic mass is 10.2. The summed E-state index contributed by atoms with van der Waals surface area (Å²) in [6, 6.07) is 6.35. The lowest BCUT2D eigenvalue weighted by Gasteiger charge is -2.08. The highest BCUT2D eigenvalue weighted by atomic mass is 15.0. The Kier molecular flexibility index (Phi) is 3.70. The molecule has 0 fully saturated rings. The second-order valence-electron chi connectivity index (χ2n) is 4.68. The van der Waals surface area contributed by atoms with Crippen LogP contribution >= 0.6 is 0 Å². The third-order valence-electron chi connectivity index (χ3n) is 3.39. The van der Waals surface area contributed by atoms with Crippen LogP contribution in [0.4, 0.5) is 5.69 Å². The van der Waals surface area contributed by atoms with E-state index in [9.17, 15) is 0 Å². The molecule has 2 heterocycles. The number of hydrogen-bond donors (Lipinski definition) is 1. The summed E-state index contributed by atoms with van der Waals surface area (Å²) in [4.78, 5) is 4.29. The van der Waals surface area contributed by atoms with Crippen molar-refractivity contribution in [3.63, 3.8) is 0 Å². The molecule has 1 N–H and O–H groups in total. The van der Waals surface area contributed by atoms with E-state index in [-0.39, 0.29) is 0 Å². The smallest absolute Gasteiger partial charge is 0.0529 e. The van der Waals surface area contributed by atoms with E-state index in [0.29, 0.717) is 0 Å². The molecule has 0 aliphatic rings. The van der Waals surface area contributed by atoms with Gasteiger partial charge in [-0.25, -0.2) is 0 Å². The largest absolute Gasteiger partial charge is 0.380 e. The molecule has 2 rings (SSSR count). The van der Waals surface area contributed by atoms with Crippen LogP contribution in [0.5, 0.6) is 0 Å². The summed E-state index contributed by atoms with van der Waals surface area (Å²) in [6.45, 7) is 10.4. The third-order valence-corrected chi connectivity index (χ3v) is 3.39. The molecule has 18 heavy (non-hydrogen) atoms. The number of aromatic nitrogens is 2. The van der Waals surface area contributed by atoms with Gasteiger partial charge in [0.05, 0.1) is 11.9 Å². The molecule has 0 unspecified atom stereocenters. The lowest BCUT2D eigenvalue weighted by Crippen LogP contribution is -2.03. The van der Waals surface area contributed by atoms with Gasteiger partial charge >= 0.3 is 0 Å². The van der Waals surface area contributed by atoms with E-state index in [2.05, 4.69) is 47.8 Å². The number of rotatable bonds is 4. The summed E-state index contributed by atoms with van der Waals surface area (Å²) in [6.07, 6.45) is 1.88. The molecule has 0 atom stereocenters. The van der Waals surface area contributed by atoms with Gasteiger partial charge in [0.25, 0.3) is 0 Å². The maximum Gasteiger partial charge on any atom is 0.0529 e. The summed E-state index contributed by atoms with van der Waals surface area (Å²) in [5.74, 6) is 0. The highest BCUT2D eigenvalue weighted by Crippen LogP contribution is 2.16. The molecule has 96 valence electrons. The molecule has 0 spiro atoms. The molecule has 0 aliphatic heterocycles. The molecular weight excluding hydrogens is 222 g/mol. The Morgan fingerprint density at radius 2 is 2.00 bits per heavy atom. The highest BCUT2D eigenvalue weighted by Gasteiger charge is 2.07. The van der Waals surface area contributed by atoms with Gasteiger partial charge in [0.15, 0.2) is 0 Å². The van der Waals surface area contributed by atoms with Crippen molar-refractivity contribution in [3.8, 4) is 0 Å². The molecule has 0 saturated heterocycles. The van der Waals surface area contributed by atoms with Crippen molar-refractivity contribution in [2.45, 2.75) is 40.8 Å². The lowest BCUT2D eigenvalue weighted by molar-refractivity contribution is 0.715. The Morgan fingerprint density at radius 1 is 1.22 bits per heavy atom. The van der Waals surface area contributed by atoms with Gasteiger partial charge in [0, 0.05) is 30.2 Å². The molecule has 2 aromatic heterocycles. The highest BCUT2D eigenvalue weighted by molar-refractivity contribution is 5.42. The molecule has 0 aromatic carbocycles. The Hall–Kier alpha value is -1.77. The minimum absolute atomic E-state index is 0.852. The first-order valence-electron chi connectivity index (χ1n) is 6.44. The van der Waals surface area contributed by atoms with Crippen LogP contribution < -0.4 is 5.32 Å². The standard InChI is InChI=1S/C15H21N3/c1-5-18-12(3)8-14(13(18)4)9-17-15-7-6-11(2)16-10-15/h6-8,10,17H,5,9H2,1-4H3. The molecular formula is C15H21N3. The second kappa shape index (κ2) is 5.25. The number of hydrogen-bond acceptors (Lipinski definition) is 2. The molecule has 0 amide bonds. The van der Waals surface area contributed by atoms with Crippen LogP contribution in [0.1, 0.15) is 29.6 Å². The average molecular weight is 243 g/mol. The predicted molar refractivity (Wildman–Crippen MR) is 75.9 cm³/mol. The zero-order valence-corrected chi connectivity index (χ0v) is 11.6. The Labute approximate surface area is 109 Å². The third kappa shape index (κ3) is 2.55. The van der Waals surface area contributed by atoms with E-state index in [0.717, 1.165) is 24.5 Å². The van der Waals surface area contributed by atoms with Crippen molar-refractivity contribution < 1.29 is 0 Å². The molecule has 0 saturated carbocycles. The number of nitrogens with one attached hydrogen (secondary N) is 1. The number of nitrogens with zero attached hydrogens (tertiary/aromatic N) is 2. The van der Waals surface area contributed by atoms with Gasteiger partial charge in [0.1, 0.15) is 0 Å². The fraction of sp³-hybridized carbons (Fsp3) is 0.400. The summed E-state index contributed by atoms with van der Waals surface area (Å²) in [7, 11) is 0. The zero-order valence-electron chi connectivity index (χ0n) is 11.6. The van der Waals surface area contributed by atoms with Crippen molar-refractivity contribution >= 4 is 5.69 Å². The van der Waals surface area contributed by atoms with Gasteiger partial charge in [-0.1, -0.05) is 0 Å². The quantitative estimate of drug-likeness (QED) is 0.891. The first-order valence-corrected chi connectivity index (χ1v) is 6.44. The van der Waals surface area contributed by atoms with Crippen LogP contribution in [-0.2, 0) is 13.1 Å². The topological polar surface area (TPSA) is 29.9 Å². The fourth-order valence-electron chi connectivity index (χ4n) is 2.31. The van der Waals surface area contributed by atoms with Gasteiger partial charge in [0.2, 0.25) is 0 Å². The molecule has 0 aliphatic carbocycles. The van der Waals surface area contributed by atoms with E-state index < -0.39 is 0 Å². The van der Waals surface area contributed by atoms with E-state index in [1.807, 2.05) is 19.2 Å². The Bertz CT molecular complexity index is 523. The predicted octanol–water partition coefficient (Wildman–Crippen LogP) is 3.44. The molecule has 3 nitrogen and oxygen atoms in total. The van der Waals surface area contributed by atoms with Crippen molar-refractivity contribution in [1.82, 2.24) is 9.55 Å². The number of anilines is 1. The number of pyridine rings is 1. The van der Waals surface area contributed by atoms with Crippen LogP contribution in [0, 0.1) is 20.8 Å². The van der Waals surface area contributed by atoms with Crippen LogP contribution in [0.15, 0.2) is 24.4 Å². The first-order chi connectivity index (χ1) is 8.61. The van der Waals surface area contributed by atoms with Crippen molar-refractivity contribution in [1.29, 1.82) is 0 Å². The van der Waals surface area contributed by atoms with E-state index in [1.54, 1.807) is 0 Å². The second-order valence-corrected chi connectivity index (χ2v) is 4.68. The summed E-state index contributed by atoms with van der Waals surface area (Å²) in [5.41, 5.74) is 6.15. The fourth-order valence-corrected chi connectivity index (χ4v) is 2.31. The van der Waals surface area contributed by atoms with Gasteiger partial charge in [-0.05, 0) is 51.5 Å². The van der Waals surface area contributed by atoms with Gasteiger partial charge in [-0.3, -0.25) is 4.98 Å². The van der Waals surface area contributed by atoms with Crippen molar-refractivity contribution in [2.75, 3.05) is 5.32 Å². The Balaban J connectivity index is 2.08. The molecule has 2 aromatic rings. The van der Waals surface area contributed by atoms with Crippen molar-refractivity contribution in [3.05, 3.63) is 47.0 Å². The van der Waals surface area contributed by atoms with Crippen molar-refractivity contribution in [2.24, 2.45) is 0 Å². The minimum Gasteiger partial charge on any atom is -0.380 e. The van der Waals surface area contributed by atoms with E-state index in [4.69, 9.17) is 0 Å². The maximum atomic E-state index is 4.29. The summed E-state index contributed by atoms with van der Waals surface area (Å²) >= 11 is 0. The van der Waals surface area contributed by atoms with Crippen LogP contribution in [0.2, 0.25) is 0 Å². The molecule has 0 radical (unpaired) electrons. The SMILES string of the molecule is CCn1c(C)cc(CNc2ccc(C)nc2)c1C. The van der Waals surface area contributed by atoms with Gasteiger partial charge in [-0.15, -0.1) is 0 Å².